The number of nitrogens with zero attached hydrogens (tertiary/aromatic N) is 8. The number of rotatable bonds is 23. The summed E-state index contributed by atoms with van der Waals surface area (Å²) in [7, 11) is 1.66. The summed E-state index contributed by atoms with van der Waals surface area (Å²) >= 11 is 0. The van der Waals surface area contributed by atoms with Crippen molar-refractivity contribution in [1.29, 1.82) is 0 Å². The van der Waals surface area contributed by atoms with Gasteiger partial charge in [0, 0.05) is 93.7 Å². The van der Waals surface area contributed by atoms with Crippen LogP contribution in [0.1, 0.15) is 88.1 Å². The minimum Gasteiger partial charge on any atom is -0.392 e. The number of aromatic nitrogens is 4. The maximum Gasteiger partial charge on any atom is 0.276 e. The van der Waals surface area contributed by atoms with Crippen LogP contribution >= 0.6 is 0 Å². The molecule has 2 atom stereocenters. The molecule has 5 aromatic rings. The van der Waals surface area contributed by atoms with Gasteiger partial charge < -0.3 is 53.6 Å². The molecule has 4 aromatic heterocycles. The average molecular weight is 1110 g/mol. The minimum atomic E-state index is -1.03. The fourth-order valence-electron chi connectivity index (χ4n) is 11.5. The van der Waals surface area contributed by atoms with E-state index in [0.29, 0.717) is 125 Å². The Morgan fingerprint density at radius 1 is 0.815 bits per heavy atom. The number of fused-ring (bicyclic) bond motifs is 4. The third kappa shape index (κ3) is 12.1. The number of benzene rings is 1. The molecule has 81 heavy (non-hydrogen) atoms. The quantitative estimate of drug-likeness (QED) is 0.0537. The molecule has 0 spiro atoms. The Hall–Kier alpha value is -7.83. The molecule has 0 radical (unpaired) electrons. The van der Waals surface area contributed by atoms with Crippen LogP contribution in [0.3, 0.4) is 0 Å². The number of piperazine rings is 1. The van der Waals surface area contributed by atoms with Gasteiger partial charge in [0.25, 0.3) is 23.3 Å². The first kappa shape index (κ1) is 56.4. The summed E-state index contributed by atoms with van der Waals surface area (Å²) in [6.07, 6.45) is 7.32. The summed E-state index contributed by atoms with van der Waals surface area (Å²) in [5.41, 5.74) is 6.81. The number of pyridine rings is 3. The fourth-order valence-corrected chi connectivity index (χ4v) is 11.5. The SMILES string of the molecule is C[C@H]1CN(C(=O)CCOCCOCCOCCOCCNc2cccc3c2C(=O)N(C2CCC(=O)NC2=O)C3=O)CCN1c1ccc(Nc2cc(-c3ccnc(N4CCn5c(cc6c5CC(C)(C)C6)C4=O)c3CO)cn(C)c2=O)nc1. The highest BCUT2D eigenvalue weighted by Crippen LogP contribution is 2.40. The molecule has 10 rings (SSSR count). The zero-order valence-corrected chi connectivity index (χ0v) is 46.2. The molecule has 0 bridgehead atoms. The molecule has 1 aliphatic carbocycles. The van der Waals surface area contributed by atoms with E-state index in [1.807, 2.05) is 23.1 Å². The van der Waals surface area contributed by atoms with E-state index in [1.54, 1.807) is 60.9 Å². The predicted octanol–water partition coefficient (Wildman–Crippen LogP) is 3.67. The Kier molecular flexibility index (Phi) is 17.1. The van der Waals surface area contributed by atoms with Gasteiger partial charge in [-0.2, -0.15) is 0 Å². The third-order valence-electron chi connectivity index (χ3n) is 15.5. The Labute approximate surface area is 468 Å². The van der Waals surface area contributed by atoms with Gasteiger partial charge in [0.05, 0.1) is 88.9 Å². The largest absolute Gasteiger partial charge is 0.392 e. The van der Waals surface area contributed by atoms with Crippen molar-refractivity contribution in [3.63, 3.8) is 0 Å². The first-order chi connectivity index (χ1) is 39.1. The van der Waals surface area contributed by atoms with Gasteiger partial charge in [0.2, 0.25) is 17.7 Å². The molecule has 428 valence electrons. The minimum absolute atomic E-state index is 0.0144. The van der Waals surface area contributed by atoms with E-state index in [2.05, 4.69) is 56.2 Å². The maximum atomic E-state index is 14.0. The van der Waals surface area contributed by atoms with Crippen LogP contribution < -0.4 is 31.3 Å². The van der Waals surface area contributed by atoms with Crippen LogP contribution in [0, 0.1) is 5.41 Å². The highest BCUT2D eigenvalue weighted by Gasteiger charge is 2.46. The van der Waals surface area contributed by atoms with Gasteiger partial charge in [-0.3, -0.25) is 48.7 Å². The number of amides is 6. The Morgan fingerprint density at radius 2 is 1.57 bits per heavy atom. The van der Waals surface area contributed by atoms with Crippen molar-refractivity contribution in [3.05, 3.63) is 111 Å². The van der Waals surface area contributed by atoms with Crippen LogP contribution in [0.5, 0.6) is 0 Å². The van der Waals surface area contributed by atoms with Gasteiger partial charge >= 0.3 is 0 Å². The van der Waals surface area contributed by atoms with E-state index < -0.39 is 29.7 Å². The Balaban J connectivity index is 0.602. The smallest absolute Gasteiger partial charge is 0.276 e. The number of hydrogen-bond acceptors (Lipinski definition) is 17. The number of anilines is 5. The van der Waals surface area contributed by atoms with Gasteiger partial charge in [-0.15, -0.1) is 0 Å². The fraction of sp³-hybridized carbons (Fsp3) is 0.466. The van der Waals surface area contributed by atoms with Crippen molar-refractivity contribution in [3.8, 4) is 11.1 Å². The second-order valence-corrected chi connectivity index (χ2v) is 21.7. The highest BCUT2D eigenvalue weighted by molar-refractivity contribution is 6.25. The Morgan fingerprint density at radius 3 is 2.28 bits per heavy atom. The first-order valence-electron chi connectivity index (χ1n) is 27.6. The molecule has 23 heteroatoms. The maximum absolute atomic E-state index is 14.0. The monoisotopic (exact) mass is 1110 g/mol. The lowest BCUT2D eigenvalue weighted by Crippen LogP contribution is -2.54. The van der Waals surface area contributed by atoms with Crippen LogP contribution in [-0.2, 0) is 66.4 Å². The van der Waals surface area contributed by atoms with Crippen LogP contribution in [0.2, 0.25) is 0 Å². The zero-order valence-electron chi connectivity index (χ0n) is 46.2. The van der Waals surface area contributed by atoms with E-state index in [0.717, 1.165) is 23.4 Å². The number of aliphatic hydroxyl groups is 1. The van der Waals surface area contributed by atoms with Crippen molar-refractivity contribution in [1.82, 2.24) is 34.2 Å². The van der Waals surface area contributed by atoms with Crippen LogP contribution in [0.15, 0.2) is 71.9 Å². The summed E-state index contributed by atoms with van der Waals surface area (Å²) in [5.74, 6) is -1.50. The van der Waals surface area contributed by atoms with Crippen molar-refractivity contribution in [2.24, 2.45) is 12.5 Å². The lowest BCUT2D eigenvalue weighted by atomic mass is 9.90. The van der Waals surface area contributed by atoms with Crippen LogP contribution in [0.4, 0.5) is 28.7 Å². The van der Waals surface area contributed by atoms with Crippen LogP contribution in [-0.4, -0.2) is 167 Å². The van der Waals surface area contributed by atoms with E-state index in [4.69, 9.17) is 18.9 Å². The number of nitrogens with one attached hydrogen (secondary N) is 3. The van der Waals surface area contributed by atoms with E-state index in [1.165, 1.54) is 15.8 Å². The molecule has 8 heterocycles. The molecule has 23 nitrogen and oxygen atoms in total. The molecular weight excluding hydrogens is 1040 g/mol. The van der Waals surface area contributed by atoms with Gasteiger partial charge in [0.15, 0.2) is 0 Å². The van der Waals surface area contributed by atoms with E-state index >= 15 is 0 Å². The van der Waals surface area contributed by atoms with E-state index in [-0.39, 0.29) is 78.1 Å². The van der Waals surface area contributed by atoms with Crippen molar-refractivity contribution >= 4 is 64.1 Å². The number of carbonyl (C=O) groups is 6. The summed E-state index contributed by atoms with van der Waals surface area (Å²) in [6, 6.07) is 13.2. The van der Waals surface area contributed by atoms with E-state index in [9.17, 15) is 38.7 Å². The number of piperidine rings is 1. The summed E-state index contributed by atoms with van der Waals surface area (Å²) in [5, 5.41) is 19.3. The first-order valence-corrected chi connectivity index (χ1v) is 27.6. The van der Waals surface area contributed by atoms with Gasteiger partial charge in [0.1, 0.15) is 29.1 Å². The summed E-state index contributed by atoms with van der Waals surface area (Å²) < 4.78 is 26.2. The molecule has 5 aliphatic rings. The second kappa shape index (κ2) is 24.5. The summed E-state index contributed by atoms with van der Waals surface area (Å²) in [6.45, 7) is 11.9. The van der Waals surface area contributed by atoms with Gasteiger partial charge in [-0.25, -0.2) is 9.97 Å². The van der Waals surface area contributed by atoms with Crippen molar-refractivity contribution < 1.29 is 52.8 Å². The molecular formula is C58H69N11O12. The van der Waals surface area contributed by atoms with Gasteiger partial charge in [-0.05, 0) is 85.2 Å². The number of hydrogen-bond donors (Lipinski definition) is 4. The predicted molar refractivity (Wildman–Crippen MR) is 299 cm³/mol. The Bertz CT molecular complexity index is 3280. The molecule has 6 amide bonds. The summed E-state index contributed by atoms with van der Waals surface area (Å²) in [4.78, 5) is 107. The van der Waals surface area contributed by atoms with Crippen molar-refractivity contribution in [2.75, 3.05) is 106 Å². The zero-order chi connectivity index (χ0) is 57.0. The molecule has 4 N–H and O–H groups in total. The number of imide groups is 2. The molecule has 4 aliphatic heterocycles. The van der Waals surface area contributed by atoms with Gasteiger partial charge in [-0.1, -0.05) is 19.9 Å². The topological polar surface area (TPSA) is 261 Å². The third-order valence-corrected chi connectivity index (χ3v) is 15.5. The van der Waals surface area contributed by atoms with Crippen LogP contribution in [0.25, 0.3) is 11.1 Å². The standard InChI is InChI=1S/C58H69N11O12/c1-36-33-65(50(72)13-20-78-22-24-80-26-27-81-25-23-79-21-15-59-43-7-5-6-41-51(43)57(77)69(54(41)74)45-9-11-49(71)63-53(45)73)16-17-66(36)39-8-10-48(61-32-39)62-44-28-38(34-64(4)55(44)75)40-12-14-60-52(42(40)35-70)68-19-18-67-46(56(68)76)29-37-30-58(2,3)31-47(37)67/h5-8,10,12,14,28-29,32,34,36,45,59,70H,9,11,13,15-27,30-31,33,35H2,1-4H3,(H,61,62)(H,63,71,73)/t36-,45?/m0/s1. The van der Waals surface area contributed by atoms with Crippen molar-refractivity contribution in [2.45, 2.75) is 78.1 Å². The molecule has 2 saturated heterocycles. The highest BCUT2D eigenvalue weighted by atomic mass is 16.6. The number of aryl methyl sites for hydroxylation is 1. The number of ether oxygens (including phenoxy) is 4. The number of carbonyl (C=O) groups excluding carboxylic acids is 6. The molecule has 1 aromatic carbocycles. The average Bonchev–Trinajstić information content (AvgIpc) is 3.71. The molecule has 2 fully saturated rings. The molecule has 1 unspecified atom stereocenters. The lowest BCUT2D eigenvalue weighted by Gasteiger charge is -2.41. The number of aliphatic hydroxyl groups excluding tert-OH is 1. The second-order valence-electron chi connectivity index (χ2n) is 21.7. The molecule has 0 saturated carbocycles. The lowest BCUT2D eigenvalue weighted by molar-refractivity contribution is -0.136. The normalized spacial score (nSPS) is 18.6.